The van der Waals surface area contributed by atoms with Gasteiger partial charge in [-0.15, -0.1) is 0 Å². The van der Waals surface area contributed by atoms with Gasteiger partial charge in [0.15, 0.2) is 0 Å². The maximum absolute atomic E-state index is 14.1. The van der Waals surface area contributed by atoms with Crippen LogP contribution in [0.5, 0.6) is 0 Å². The number of urea groups is 1. The molecule has 1 saturated carbocycles. The number of fused-ring (bicyclic) bond motifs is 1. The number of rotatable bonds is 5. The Balaban J connectivity index is 1.45. The number of aliphatic carboxylic acids is 1. The van der Waals surface area contributed by atoms with Gasteiger partial charge in [-0.2, -0.15) is 0 Å². The molecule has 0 radical (unpaired) electrons. The van der Waals surface area contributed by atoms with Crippen molar-refractivity contribution >= 4 is 24.0 Å². The summed E-state index contributed by atoms with van der Waals surface area (Å²) < 4.78 is 19.7. The lowest BCUT2D eigenvalue weighted by atomic mass is 9.83. The minimum absolute atomic E-state index is 0.0620. The summed E-state index contributed by atoms with van der Waals surface area (Å²) in [5, 5.41) is 15.5. The van der Waals surface area contributed by atoms with E-state index in [2.05, 4.69) is 10.6 Å². The molecule has 2 fully saturated rings. The highest BCUT2D eigenvalue weighted by Crippen LogP contribution is 2.31. The summed E-state index contributed by atoms with van der Waals surface area (Å²) in [5.74, 6) is -2.19. The standard InChI is InChI=1S/C27H37FN4O6/c1-27(2,3)30-25(36)29-22(16-8-5-4-6-9-16)23(33)32-14-18(12-21(32)24(34)35)38-26(37)31-13-17-10-7-11-20(28)19(17)15-31/h7,10-11,16,18,21-22H,4-6,8-9,12-15H2,1-3H3,(H,34,35)(H2,29,30,36)/t18-,21+,22+/m1/s1. The minimum Gasteiger partial charge on any atom is -0.480 e. The van der Waals surface area contributed by atoms with Crippen molar-refractivity contribution in [3.63, 3.8) is 0 Å². The van der Waals surface area contributed by atoms with Crippen molar-refractivity contribution in [3.05, 3.63) is 35.1 Å². The molecule has 1 aromatic carbocycles. The highest BCUT2D eigenvalue weighted by Gasteiger charge is 2.46. The highest BCUT2D eigenvalue weighted by molar-refractivity contribution is 5.91. The lowest BCUT2D eigenvalue weighted by molar-refractivity contribution is -0.149. The van der Waals surface area contributed by atoms with Gasteiger partial charge in [0, 0.05) is 24.1 Å². The fraction of sp³-hybridized carbons (Fsp3) is 0.630. The van der Waals surface area contributed by atoms with Crippen molar-refractivity contribution in [1.29, 1.82) is 0 Å². The lowest BCUT2D eigenvalue weighted by Crippen LogP contribution is -2.58. The molecular weight excluding hydrogens is 495 g/mol. The van der Waals surface area contributed by atoms with Gasteiger partial charge < -0.3 is 25.4 Å². The number of nitrogens with one attached hydrogen (secondary N) is 2. The van der Waals surface area contributed by atoms with Gasteiger partial charge in [0.1, 0.15) is 24.0 Å². The topological polar surface area (TPSA) is 128 Å². The predicted octanol–water partition coefficient (Wildman–Crippen LogP) is 3.38. The van der Waals surface area contributed by atoms with Crippen LogP contribution in [0.1, 0.15) is 70.4 Å². The summed E-state index contributed by atoms with van der Waals surface area (Å²) in [4.78, 5) is 54.0. The molecule has 10 nitrogen and oxygen atoms in total. The van der Waals surface area contributed by atoms with Crippen LogP contribution in [0.3, 0.4) is 0 Å². The number of benzene rings is 1. The fourth-order valence-electron chi connectivity index (χ4n) is 5.63. The molecule has 1 saturated heterocycles. The van der Waals surface area contributed by atoms with E-state index in [1.807, 2.05) is 20.8 Å². The third-order valence-electron chi connectivity index (χ3n) is 7.44. The number of likely N-dealkylation sites (tertiary alicyclic amines) is 1. The molecule has 0 unspecified atom stereocenters. The van der Waals surface area contributed by atoms with Gasteiger partial charge >= 0.3 is 18.1 Å². The number of carboxylic acids is 1. The average molecular weight is 533 g/mol. The molecule has 4 rings (SSSR count). The third-order valence-corrected chi connectivity index (χ3v) is 7.44. The van der Waals surface area contributed by atoms with Gasteiger partial charge in [-0.3, -0.25) is 9.69 Å². The predicted molar refractivity (Wildman–Crippen MR) is 135 cm³/mol. The lowest BCUT2D eigenvalue weighted by Gasteiger charge is -2.34. The zero-order chi connectivity index (χ0) is 27.6. The Bertz CT molecular complexity index is 1080. The molecule has 0 spiro atoms. The van der Waals surface area contributed by atoms with E-state index >= 15 is 0 Å². The molecule has 2 aliphatic heterocycles. The van der Waals surface area contributed by atoms with Crippen LogP contribution in [0.15, 0.2) is 18.2 Å². The van der Waals surface area contributed by atoms with Crippen LogP contribution >= 0.6 is 0 Å². The molecule has 4 amide bonds. The van der Waals surface area contributed by atoms with E-state index in [1.54, 1.807) is 12.1 Å². The number of carbonyl (C=O) groups is 4. The van der Waals surface area contributed by atoms with Crippen LogP contribution < -0.4 is 10.6 Å². The molecule has 1 aliphatic carbocycles. The van der Waals surface area contributed by atoms with E-state index in [4.69, 9.17) is 4.74 Å². The van der Waals surface area contributed by atoms with Crippen molar-refractivity contribution < 1.29 is 33.4 Å². The summed E-state index contributed by atoms with van der Waals surface area (Å²) in [6, 6.07) is 2.10. The van der Waals surface area contributed by atoms with Crippen LogP contribution in [0.25, 0.3) is 0 Å². The van der Waals surface area contributed by atoms with E-state index in [-0.39, 0.29) is 32.0 Å². The first-order valence-corrected chi connectivity index (χ1v) is 13.3. The molecule has 0 aromatic heterocycles. The Labute approximate surface area is 221 Å². The first-order valence-electron chi connectivity index (χ1n) is 13.3. The summed E-state index contributed by atoms with van der Waals surface area (Å²) >= 11 is 0. The molecule has 11 heteroatoms. The molecular formula is C27H37FN4O6. The number of amides is 4. The zero-order valence-electron chi connectivity index (χ0n) is 22.2. The second-order valence-corrected chi connectivity index (χ2v) is 11.5. The van der Waals surface area contributed by atoms with Crippen molar-refractivity contribution in [1.82, 2.24) is 20.4 Å². The first-order chi connectivity index (χ1) is 17.9. The number of nitrogens with zero attached hydrogens (tertiary/aromatic N) is 2. The summed E-state index contributed by atoms with van der Waals surface area (Å²) in [7, 11) is 0. The maximum Gasteiger partial charge on any atom is 0.410 e. The van der Waals surface area contributed by atoms with E-state index in [9.17, 15) is 28.7 Å². The Morgan fingerprint density at radius 1 is 1.11 bits per heavy atom. The van der Waals surface area contributed by atoms with Crippen LogP contribution in [0.2, 0.25) is 0 Å². The second kappa shape index (κ2) is 11.2. The van der Waals surface area contributed by atoms with Crippen molar-refractivity contribution in [3.8, 4) is 0 Å². The van der Waals surface area contributed by atoms with Gasteiger partial charge in [0.25, 0.3) is 0 Å². The smallest absolute Gasteiger partial charge is 0.410 e. The van der Waals surface area contributed by atoms with Crippen molar-refractivity contribution in [2.24, 2.45) is 5.92 Å². The third kappa shape index (κ3) is 6.36. The SMILES string of the molecule is CC(C)(C)NC(=O)N[C@H](C(=O)N1C[C@H](OC(=O)N2Cc3cccc(F)c3C2)C[C@H]1C(=O)O)C1CCCCC1. The minimum atomic E-state index is -1.20. The average Bonchev–Trinajstić information content (AvgIpc) is 3.47. The van der Waals surface area contributed by atoms with Crippen molar-refractivity contribution in [2.75, 3.05) is 6.54 Å². The van der Waals surface area contributed by atoms with Crippen molar-refractivity contribution in [2.45, 2.75) is 96.1 Å². The number of carboxylic acid groups (broad SMARTS) is 1. The van der Waals surface area contributed by atoms with E-state index in [0.29, 0.717) is 11.1 Å². The Morgan fingerprint density at radius 2 is 1.82 bits per heavy atom. The first kappa shape index (κ1) is 27.7. The number of carbonyl (C=O) groups excluding carboxylic acids is 3. The molecule has 38 heavy (non-hydrogen) atoms. The van der Waals surface area contributed by atoms with Gasteiger partial charge in [-0.25, -0.2) is 18.8 Å². The monoisotopic (exact) mass is 532 g/mol. The molecule has 3 aliphatic rings. The van der Waals surface area contributed by atoms with Gasteiger partial charge in [-0.05, 0) is 51.2 Å². The molecule has 1 aromatic rings. The number of hydrogen-bond donors (Lipinski definition) is 3. The Morgan fingerprint density at radius 3 is 2.45 bits per heavy atom. The highest BCUT2D eigenvalue weighted by atomic mass is 19.1. The molecule has 0 bridgehead atoms. The van der Waals surface area contributed by atoms with E-state index in [1.165, 1.54) is 15.9 Å². The second-order valence-electron chi connectivity index (χ2n) is 11.5. The van der Waals surface area contributed by atoms with Crippen LogP contribution in [-0.2, 0) is 27.4 Å². The van der Waals surface area contributed by atoms with Gasteiger partial charge in [0.05, 0.1) is 13.1 Å². The summed E-state index contributed by atoms with van der Waals surface area (Å²) in [6.07, 6.45) is 2.83. The Hall–Kier alpha value is -3.37. The molecule has 3 N–H and O–H groups in total. The number of hydrogen-bond acceptors (Lipinski definition) is 5. The molecule has 208 valence electrons. The summed E-state index contributed by atoms with van der Waals surface area (Å²) in [5.41, 5.74) is 0.619. The van der Waals surface area contributed by atoms with Crippen LogP contribution in [0, 0.1) is 11.7 Å². The van der Waals surface area contributed by atoms with E-state index in [0.717, 1.165) is 32.1 Å². The number of halogens is 1. The van der Waals surface area contributed by atoms with Crippen LogP contribution in [-0.4, -0.2) is 69.2 Å². The van der Waals surface area contributed by atoms with Crippen LogP contribution in [0.4, 0.5) is 14.0 Å². The zero-order valence-corrected chi connectivity index (χ0v) is 22.2. The van der Waals surface area contributed by atoms with E-state index < -0.39 is 53.5 Å². The molecule has 2 heterocycles. The van der Waals surface area contributed by atoms with Gasteiger partial charge in [0.2, 0.25) is 5.91 Å². The molecule has 3 atom stereocenters. The van der Waals surface area contributed by atoms with Gasteiger partial charge in [-0.1, -0.05) is 31.4 Å². The maximum atomic E-state index is 14.1. The summed E-state index contributed by atoms with van der Waals surface area (Å²) in [6.45, 7) is 5.66. The largest absolute Gasteiger partial charge is 0.480 e. The normalized spacial score (nSPS) is 22.5. The number of ether oxygens (including phenoxy) is 1. The Kier molecular flexibility index (Phi) is 8.13. The quantitative estimate of drug-likeness (QED) is 0.533. The fourth-order valence-corrected chi connectivity index (χ4v) is 5.63.